The fraction of sp³-hybridized carbons (Fsp3) is 1.00. The molecule has 38 heavy (non-hydrogen) atoms. The zero-order valence-electron chi connectivity index (χ0n) is 21.9. The quantitative estimate of drug-likeness (QED) is 0.325. The summed E-state index contributed by atoms with van der Waals surface area (Å²) in [6.45, 7) is 6.46. The highest BCUT2D eigenvalue weighted by molar-refractivity contribution is 7.81. The third kappa shape index (κ3) is 6.40. The molecule has 4 saturated carbocycles. The van der Waals surface area contributed by atoms with Gasteiger partial charge in [-0.25, -0.2) is 12.5 Å². The average Bonchev–Trinajstić information content (AvgIpc) is 3.08. The highest BCUT2D eigenvalue weighted by Crippen LogP contribution is 2.68. The second kappa shape index (κ2) is 10.5. The van der Waals surface area contributed by atoms with Crippen molar-refractivity contribution in [2.45, 2.75) is 90.8 Å². The van der Waals surface area contributed by atoms with Gasteiger partial charge in [-0.1, -0.05) is 20.8 Å². The summed E-state index contributed by atoms with van der Waals surface area (Å²) in [5.74, 6) is 1.67. The highest BCUT2D eigenvalue weighted by Gasteiger charge is 2.62. The van der Waals surface area contributed by atoms with Crippen LogP contribution in [0.4, 0.5) is 0 Å². The Bertz CT molecular complexity index is 1200. The van der Waals surface area contributed by atoms with Gasteiger partial charge in [-0.3, -0.25) is 13.7 Å². The van der Waals surface area contributed by atoms with Crippen molar-refractivity contribution in [2.24, 2.45) is 46.3 Å². The summed E-state index contributed by atoms with van der Waals surface area (Å²) in [7, 11) is -14.2. The molecule has 0 heterocycles. The van der Waals surface area contributed by atoms with E-state index in [1.165, 1.54) is 0 Å². The zero-order valence-corrected chi connectivity index (χ0v) is 24.4. The minimum Gasteiger partial charge on any atom is -0.264 e. The van der Waals surface area contributed by atoms with E-state index in [0.717, 1.165) is 38.5 Å². The molecule has 222 valence electrons. The van der Waals surface area contributed by atoms with E-state index in [-0.39, 0.29) is 48.0 Å². The first-order valence-corrected chi connectivity index (χ1v) is 17.3. The summed E-state index contributed by atoms with van der Waals surface area (Å²) < 4.78 is 110. The molecule has 15 heteroatoms. The Kier molecular flexibility index (Phi) is 8.42. The number of rotatable bonds is 9. The lowest BCUT2D eigenvalue weighted by molar-refractivity contribution is -0.152. The Morgan fingerprint density at radius 2 is 1.39 bits per heavy atom. The first-order valence-electron chi connectivity index (χ1n) is 13.3. The van der Waals surface area contributed by atoms with E-state index >= 15 is 0 Å². The summed E-state index contributed by atoms with van der Waals surface area (Å²) in [4.78, 5) is 0. The van der Waals surface area contributed by atoms with Crippen LogP contribution < -0.4 is 0 Å². The van der Waals surface area contributed by atoms with Crippen molar-refractivity contribution in [1.82, 2.24) is 0 Å². The fourth-order valence-electron chi connectivity index (χ4n) is 9.26. The molecule has 4 aliphatic rings. The van der Waals surface area contributed by atoms with Crippen LogP contribution in [0.5, 0.6) is 0 Å². The van der Waals surface area contributed by atoms with Crippen LogP contribution in [0.2, 0.25) is 0 Å². The van der Waals surface area contributed by atoms with Gasteiger partial charge in [0.15, 0.2) is 0 Å². The van der Waals surface area contributed by atoms with Crippen LogP contribution in [-0.4, -0.2) is 57.7 Å². The van der Waals surface area contributed by atoms with E-state index in [4.69, 9.17) is 12.9 Å². The van der Waals surface area contributed by atoms with Gasteiger partial charge in [0.25, 0.3) is 0 Å². The molecule has 4 rings (SSSR count). The molecule has 0 aromatic rings. The first kappa shape index (κ1) is 30.6. The van der Waals surface area contributed by atoms with Crippen LogP contribution in [-0.2, 0) is 43.7 Å². The Morgan fingerprint density at radius 3 is 2.00 bits per heavy atom. The predicted octanol–water partition coefficient (Wildman–Crippen LogP) is 3.48. The van der Waals surface area contributed by atoms with Crippen molar-refractivity contribution in [2.75, 3.05) is 6.61 Å². The molecule has 0 spiro atoms. The summed E-state index contributed by atoms with van der Waals surface area (Å²) >= 11 is 0. The maximum atomic E-state index is 11.6. The van der Waals surface area contributed by atoms with Crippen LogP contribution in [0, 0.1) is 46.3 Å². The average molecular weight is 605 g/mol. The van der Waals surface area contributed by atoms with Gasteiger partial charge < -0.3 is 0 Å². The molecule has 0 aromatic heterocycles. The van der Waals surface area contributed by atoms with Crippen LogP contribution in [0.3, 0.4) is 0 Å². The van der Waals surface area contributed by atoms with Gasteiger partial charge in [0.1, 0.15) is 12.2 Å². The second-order valence-corrected chi connectivity index (χ2v) is 15.7. The molecular formula is C23H40O12S3. The molecule has 0 saturated heterocycles. The van der Waals surface area contributed by atoms with Crippen molar-refractivity contribution >= 4 is 31.2 Å². The lowest BCUT2D eigenvalue weighted by atomic mass is 9.44. The van der Waals surface area contributed by atoms with Crippen LogP contribution in [0.1, 0.15) is 78.6 Å². The van der Waals surface area contributed by atoms with E-state index in [1.807, 2.05) is 0 Å². The molecule has 4 aliphatic carbocycles. The summed E-state index contributed by atoms with van der Waals surface area (Å²) in [6, 6.07) is 0. The molecular weight excluding hydrogens is 564 g/mol. The van der Waals surface area contributed by atoms with Crippen LogP contribution in [0.15, 0.2) is 0 Å². The van der Waals surface area contributed by atoms with Gasteiger partial charge in [-0.2, -0.15) is 25.3 Å². The fourth-order valence-corrected chi connectivity index (χ4v) is 10.6. The van der Waals surface area contributed by atoms with E-state index in [1.54, 1.807) is 0 Å². The number of hydrogen-bond acceptors (Lipinski definition) is 9. The summed E-state index contributed by atoms with van der Waals surface area (Å²) in [6.07, 6.45) is 4.05. The lowest BCUT2D eigenvalue weighted by Gasteiger charge is -2.62. The molecule has 10 atom stereocenters. The van der Waals surface area contributed by atoms with Gasteiger partial charge in [0.05, 0.1) is 6.61 Å². The minimum absolute atomic E-state index is 0.0369. The SMILES string of the molecule is C[C@@H](CCOS(=O)(=O)O)[C@H]1CC[C@H]2[C@@H]3CC[C@H]4C[C@H](OS(=O)(=O)O)[C@@H](OS(=O)(=O)O)C[C@]4(C)[C@H]3CC[C@]12C. The molecule has 0 unspecified atom stereocenters. The van der Waals surface area contributed by atoms with E-state index in [9.17, 15) is 34.4 Å². The molecule has 0 aliphatic heterocycles. The molecule has 12 nitrogen and oxygen atoms in total. The van der Waals surface area contributed by atoms with Gasteiger partial charge in [-0.05, 0) is 104 Å². The highest BCUT2D eigenvalue weighted by atomic mass is 32.3. The second-order valence-electron chi connectivity index (χ2n) is 12.5. The molecule has 0 amide bonds. The normalized spacial score (nSPS) is 42.6. The smallest absolute Gasteiger partial charge is 0.264 e. The van der Waals surface area contributed by atoms with E-state index in [2.05, 4.69) is 25.0 Å². The van der Waals surface area contributed by atoms with Gasteiger partial charge in [0, 0.05) is 0 Å². The molecule has 4 fully saturated rings. The molecule has 3 N–H and O–H groups in total. The summed E-state index contributed by atoms with van der Waals surface area (Å²) in [5, 5.41) is 0. The van der Waals surface area contributed by atoms with E-state index in [0.29, 0.717) is 24.2 Å². The number of fused-ring (bicyclic) bond motifs is 5. The van der Waals surface area contributed by atoms with Crippen molar-refractivity contribution in [3.05, 3.63) is 0 Å². The maximum Gasteiger partial charge on any atom is 0.397 e. The van der Waals surface area contributed by atoms with Crippen molar-refractivity contribution in [1.29, 1.82) is 0 Å². The molecule has 0 radical (unpaired) electrons. The standard InChI is InChI=1S/C23H40O12S3/c1-14(9-11-33-36(24,25)26)17-6-7-18-16-5-4-15-12-20(34-37(27,28)29)21(35-38(30,31)32)13-23(15,3)19(16)8-10-22(17,18)2/h14-21H,4-13H2,1-3H3,(H,24,25,26)(H,27,28,29)(H,30,31,32)/t14-,15-,16-,17+,18-,19-,20-,21-,22+,23-/m0/s1. The van der Waals surface area contributed by atoms with Crippen molar-refractivity contribution in [3.8, 4) is 0 Å². The monoisotopic (exact) mass is 604 g/mol. The topological polar surface area (TPSA) is 191 Å². The Morgan fingerprint density at radius 1 is 0.789 bits per heavy atom. The Labute approximate surface area is 226 Å². The van der Waals surface area contributed by atoms with Gasteiger partial charge in [0.2, 0.25) is 0 Å². The Balaban J connectivity index is 1.52. The van der Waals surface area contributed by atoms with Gasteiger partial charge in [-0.15, -0.1) is 0 Å². The maximum absolute atomic E-state index is 11.6. The van der Waals surface area contributed by atoms with Crippen LogP contribution in [0.25, 0.3) is 0 Å². The third-order valence-electron chi connectivity index (χ3n) is 10.7. The number of hydrogen-bond donors (Lipinski definition) is 3. The third-order valence-corrected chi connectivity index (χ3v) is 12.1. The molecule has 0 bridgehead atoms. The minimum atomic E-state index is -4.88. The van der Waals surface area contributed by atoms with Crippen molar-refractivity contribution in [3.63, 3.8) is 0 Å². The summed E-state index contributed by atoms with van der Waals surface area (Å²) in [5.41, 5.74) is -0.316. The zero-order chi connectivity index (χ0) is 28.3. The Hall–Kier alpha value is -0.390. The largest absolute Gasteiger partial charge is 0.397 e. The predicted molar refractivity (Wildman–Crippen MR) is 135 cm³/mol. The van der Waals surface area contributed by atoms with Crippen molar-refractivity contribution < 1.29 is 51.5 Å². The molecule has 0 aromatic carbocycles. The van der Waals surface area contributed by atoms with Crippen LogP contribution >= 0.6 is 0 Å². The van der Waals surface area contributed by atoms with Gasteiger partial charge >= 0.3 is 31.2 Å². The first-order chi connectivity index (χ1) is 17.3. The van der Waals surface area contributed by atoms with E-state index < -0.39 is 43.4 Å². The lowest BCUT2D eigenvalue weighted by Crippen LogP contribution is -2.57.